The second kappa shape index (κ2) is 6.04. The third-order valence-corrected chi connectivity index (χ3v) is 4.87. The van der Waals surface area contributed by atoms with E-state index < -0.39 is 18.2 Å². The quantitative estimate of drug-likeness (QED) is 0.656. The summed E-state index contributed by atoms with van der Waals surface area (Å²) in [5, 5.41) is 6.98. The Balaban J connectivity index is 1.74. The predicted molar refractivity (Wildman–Crippen MR) is 92.5 cm³/mol. The number of aryl methyl sites for hydroxylation is 2. The van der Waals surface area contributed by atoms with Crippen LogP contribution < -0.4 is 5.32 Å². The van der Waals surface area contributed by atoms with Crippen LogP contribution in [0.2, 0.25) is 0 Å². The first-order valence-electron chi connectivity index (χ1n) is 8.44. The van der Waals surface area contributed by atoms with Crippen LogP contribution >= 0.6 is 0 Å². The van der Waals surface area contributed by atoms with Gasteiger partial charge in [-0.2, -0.15) is 13.2 Å². The van der Waals surface area contributed by atoms with Crippen molar-refractivity contribution in [1.29, 1.82) is 0 Å². The number of H-pyrrole nitrogens is 1. The molecule has 0 fully saturated rings. The Hall–Kier alpha value is -2.97. The first-order valence-corrected chi connectivity index (χ1v) is 8.44. The predicted octanol–water partition coefficient (Wildman–Crippen LogP) is 4.47. The van der Waals surface area contributed by atoms with Crippen LogP contribution in [0.1, 0.15) is 28.8 Å². The van der Waals surface area contributed by atoms with Crippen LogP contribution in [0.15, 0.2) is 28.8 Å². The van der Waals surface area contributed by atoms with Crippen molar-refractivity contribution in [3.8, 4) is 0 Å². The van der Waals surface area contributed by atoms with Gasteiger partial charge in [0.1, 0.15) is 11.4 Å². The van der Waals surface area contributed by atoms with Gasteiger partial charge >= 0.3 is 12.2 Å². The molecule has 0 radical (unpaired) electrons. The van der Waals surface area contributed by atoms with Gasteiger partial charge in [0, 0.05) is 17.4 Å². The van der Waals surface area contributed by atoms with Crippen molar-refractivity contribution in [2.24, 2.45) is 0 Å². The number of para-hydroxylation sites is 1. The molecule has 0 saturated carbocycles. The zero-order valence-electron chi connectivity index (χ0n) is 14.6. The molecule has 0 saturated heterocycles. The number of alkyl halides is 3. The van der Waals surface area contributed by atoms with E-state index in [-0.39, 0.29) is 12.2 Å². The van der Waals surface area contributed by atoms with Gasteiger partial charge in [-0.3, -0.25) is 0 Å². The molecule has 27 heavy (non-hydrogen) atoms. The molecule has 4 rings (SSSR count). The van der Waals surface area contributed by atoms with Crippen molar-refractivity contribution in [2.45, 2.75) is 32.5 Å². The summed E-state index contributed by atoms with van der Waals surface area (Å²) in [4.78, 5) is 16.4. The normalized spacial score (nSPS) is 17.2. The topological polar surface area (TPSA) is 74.2 Å². The van der Waals surface area contributed by atoms with E-state index in [1.54, 1.807) is 38.1 Å². The van der Waals surface area contributed by atoms with E-state index in [9.17, 15) is 18.0 Å². The van der Waals surface area contributed by atoms with Crippen LogP contribution in [0.5, 0.6) is 0 Å². The van der Waals surface area contributed by atoms with Gasteiger partial charge in [-0.1, -0.05) is 23.4 Å². The second-order valence-electron chi connectivity index (χ2n) is 6.58. The Morgan fingerprint density at radius 3 is 2.74 bits per heavy atom. The molecule has 0 aliphatic carbocycles. The number of urea groups is 1. The molecule has 3 aromatic rings. The van der Waals surface area contributed by atoms with E-state index in [4.69, 9.17) is 4.52 Å². The molecule has 9 heteroatoms. The van der Waals surface area contributed by atoms with Crippen molar-refractivity contribution >= 4 is 22.6 Å². The van der Waals surface area contributed by atoms with Gasteiger partial charge in [0.25, 0.3) is 0 Å². The summed E-state index contributed by atoms with van der Waals surface area (Å²) in [6.07, 6.45) is -4.28. The van der Waals surface area contributed by atoms with Crippen LogP contribution in [0.4, 0.5) is 23.7 Å². The van der Waals surface area contributed by atoms with Gasteiger partial charge in [-0.25, -0.2) is 4.79 Å². The van der Waals surface area contributed by atoms with E-state index in [1.807, 2.05) is 0 Å². The Morgan fingerprint density at radius 1 is 1.33 bits per heavy atom. The highest BCUT2D eigenvalue weighted by Crippen LogP contribution is 2.43. The number of aromatic nitrogens is 2. The van der Waals surface area contributed by atoms with Crippen molar-refractivity contribution in [2.75, 3.05) is 11.9 Å². The minimum absolute atomic E-state index is 0.0175. The first kappa shape index (κ1) is 17.4. The molecule has 1 aromatic carbocycles. The summed E-state index contributed by atoms with van der Waals surface area (Å²) < 4.78 is 46.7. The third-order valence-electron chi connectivity index (χ3n) is 4.87. The molecule has 0 unspecified atom stereocenters. The highest BCUT2D eigenvalue weighted by Gasteiger charge is 2.50. The molecule has 2 N–H and O–H groups in total. The van der Waals surface area contributed by atoms with Crippen LogP contribution in [0.3, 0.4) is 0 Å². The lowest BCUT2D eigenvalue weighted by Crippen LogP contribution is -2.48. The molecule has 3 heterocycles. The molecule has 2 amide bonds. The van der Waals surface area contributed by atoms with E-state index in [1.165, 1.54) is 0 Å². The number of hydrogen-bond acceptors (Lipinski definition) is 3. The Kier molecular flexibility index (Phi) is 3.90. The SMILES string of the molecule is Cc1noc(C)c1NC(=O)N1CCc2c([nH]c3ccccc23)[C@H]1C(F)(F)F. The first-order chi connectivity index (χ1) is 12.8. The van der Waals surface area contributed by atoms with E-state index in [2.05, 4.69) is 15.5 Å². The summed E-state index contributed by atoms with van der Waals surface area (Å²) in [5.74, 6) is 0.340. The summed E-state index contributed by atoms with van der Waals surface area (Å²) in [6, 6.07) is 4.18. The van der Waals surface area contributed by atoms with Gasteiger partial charge in [-0.15, -0.1) is 0 Å². The summed E-state index contributed by atoms with van der Waals surface area (Å²) >= 11 is 0. The zero-order chi connectivity index (χ0) is 19.3. The number of aromatic amines is 1. The molecule has 1 aliphatic heterocycles. The fourth-order valence-electron chi connectivity index (χ4n) is 3.64. The maximum Gasteiger partial charge on any atom is 0.414 e. The lowest BCUT2D eigenvalue weighted by Gasteiger charge is -2.36. The van der Waals surface area contributed by atoms with Gasteiger partial charge in [0.15, 0.2) is 11.8 Å². The molecule has 1 aliphatic rings. The van der Waals surface area contributed by atoms with Crippen LogP contribution in [-0.4, -0.2) is 33.8 Å². The number of fused-ring (bicyclic) bond motifs is 3. The standard InChI is InChI=1S/C18H17F3N4O2/c1-9-14(10(2)27-24-9)23-17(26)25-8-7-12-11-5-3-4-6-13(11)22-15(12)16(25)18(19,20)21/h3-6,16,22H,7-8H2,1-2H3,(H,23,26)/t16-/m0/s1. The zero-order valence-corrected chi connectivity index (χ0v) is 14.6. The van der Waals surface area contributed by atoms with Crippen molar-refractivity contribution in [3.63, 3.8) is 0 Å². The van der Waals surface area contributed by atoms with Crippen molar-refractivity contribution in [3.05, 3.63) is 47.0 Å². The van der Waals surface area contributed by atoms with Gasteiger partial charge in [0.2, 0.25) is 0 Å². The highest BCUT2D eigenvalue weighted by molar-refractivity contribution is 5.92. The average molecular weight is 378 g/mol. The number of amides is 2. The number of carbonyl (C=O) groups excluding carboxylic acids is 1. The van der Waals surface area contributed by atoms with Crippen LogP contribution in [0.25, 0.3) is 10.9 Å². The van der Waals surface area contributed by atoms with Gasteiger partial charge in [-0.05, 0) is 31.9 Å². The molecule has 6 nitrogen and oxygen atoms in total. The average Bonchev–Trinajstić information content (AvgIpc) is 3.14. The summed E-state index contributed by atoms with van der Waals surface area (Å²) in [6.45, 7) is 3.15. The van der Waals surface area contributed by atoms with Gasteiger partial charge < -0.3 is 19.7 Å². The monoisotopic (exact) mass is 378 g/mol. The molecule has 0 bridgehead atoms. The molecule has 0 spiro atoms. The smallest absolute Gasteiger partial charge is 0.359 e. The third kappa shape index (κ3) is 2.83. The number of halogens is 3. The molecular weight excluding hydrogens is 361 g/mol. The summed E-state index contributed by atoms with van der Waals surface area (Å²) in [5.41, 5.74) is 1.96. The number of carbonyl (C=O) groups is 1. The highest BCUT2D eigenvalue weighted by atomic mass is 19.4. The maximum atomic E-state index is 13.9. The second-order valence-corrected chi connectivity index (χ2v) is 6.58. The number of rotatable bonds is 1. The molecule has 1 atom stereocenters. The number of nitrogens with zero attached hydrogens (tertiary/aromatic N) is 2. The van der Waals surface area contributed by atoms with Crippen LogP contribution in [-0.2, 0) is 6.42 Å². The number of nitrogens with one attached hydrogen (secondary N) is 2. The minimum Gasteiger partial charge on any atom is -0.359 e. The summed E-state index contributed by atoms with van der Waals surface area (Å²) in [7, 11) is 0. The van der Waals surface area contributed by atoms with E-state index in [0.29, 0.717) is 34.6 Å². The molecule has 2 aromatic heterocycles. The number of benzene rings is 1. The molecule has 142 valence electrons. The van der Waals surface area contributed by atoms with Crippen molar-refractivity contribution < 1.29 is 22.5 Å². The largest absolute Gasteiger partial charge is 0.414 e. The Labute approximate surface area is 152 Å². The van der Waals surface area contributed by atoms with Crippen LogP contribution in [0, 0.1) is 13.8 Å². The minimum atomic E-state index is -4.62. The molecular formula is C18H17F3N4O2. The Bertz CT molecular complexity index is 1000. The fraction of sp³-hybridized carbons (Fsp3) is 0.333. The van der Waals surface area contributed by atoms with Crippen molar-refractivity contribution in [1.82, 2.24) is 15.0 Å². The fourth-order valence-corrected chi connectivity index (χ4v) is 3.64. The van der Waals surface area contributed by atoms with Gasteiger partial charge in [0.05, 0.1) is 5.69 Å². The number of anilines is 1. The maximum absolute atomic E-state index is 13.9. The van der Waals surface area contributed by atoms with E-state index in [0.717, 1.165) is 10.3 Å². The van der Waals surface area contributed by atoms with E-state index >= 15 is 0 Å². The lowest BCUT2D eigenvalue weighted by molar-refractivity contribution is -0.180. The Morgan fingerprint density at radius 2 is 2.07 bits per heavy atom. The number of hydrogen-bond donors (Lipinski definition) is 2. The lowest BCUT2D eigenvalue weighted by atomic mass is 9.97.